The quantitative estimate of drug-likeness (QED) is 0.750. The van der Waals surface area contributed by atoms with Crippen molar-refractivity contribution in [1.82, 2.24) is 9.62 Å². The highest BCUT2D eigenvalue weighted by Gasteiger charge is 2.28. The molecule has 1 heterocycles. The van der Waals surface area contributed by atoms with Crippen molar-refractivity contribution < 1.29 is 8.42 Å². The topological polar surface area (TPSA) is 49.4 Å². The first-order chi connectivity index (χ1) is 9.34. The van der Waals surface area contributed by atoms with Crippen LogP contribution in [0.4, 0.5) is 0 Å². The Kier molecular flexibility index (Phi) is 6.39. The van der Waals surface area contributed by atoms with E-state index in [0.29, 0.717) is 24.5 Å². The van der Waals surface area contributed by atoms with Gasteiger partial charge in [0.1, 0.15) is 4.90 Å². The highest BCUT2D eigenvalue weighted by atomic mass is 32.2. The van der Waals surface area contributed by atoms with Gasteiger partial charge in [-0.15, -0.1) is 11.3 Å². The molecule has 0 saturated heterocycles. The summed E-state index contributed by atoms with van der Waals surface area (Å²) in [4.78, 5) is 1.34. The van der Waals surface area contributed by atoms with Gasteiger partial charge in [0.25, 0.3) is 0 Å². The summed E-state index contributed by atoms with van der Waals surface area (Å²) in [6.45, 7) is 13.6. The van der Waals surface area contributed by atoms with Crippen LogP contribution in [-0.4, -0.2) is 32.4 Å². The Morgan fingerprint density at radius 3 is 2.60 bits per heavy atom. The van der Waals surface area contributed by atoms with Crippen molar-refractivity contribution >= 4 is 21.4 Å². The molecule has 20 heavy (non-hydrogen) atoms. The third-order valence-electron chi connectivity index (χ3n) is 2.92. The fraction of sp³-hybridized carbons (Fsp3) is 0.571. The normalized spacial score (nSPS) is 12.1. The summed E-state index contributed by atoms with van der Waals surface area (Å²) in [5.74, 6) is 0. The van der Waals surface area contributed by atoms with Gasteiger partial charge in [-0.1, -0.05) is 26.0 Å². The van der Waals surface area contributed by atoms with Gasteiger partial charge < -0.3 is 5.32 Å². The largest absolute Gasteiger partial charge is 0.312 e. The predicted octanol–water partition coefficient (Wildman–Crippen LogP) is 2.75. The lowest BCUT2D eigenvalue weighted by Crippen LogP contribution is -2.33. The van der Waals surface area contributed by atoms with Gasteiger partial charge in [-0.3, -0.25) is 0 Å². The van der Waals surface area contributed by atoms with Crippen LogP contribution in [0.5, 0.6) is 0 Å². The Hall–Kier alpha value is -0.690. The lowest BCUT2D eigenvalue weighted by Gasteiger charge is -2.21. The maximum Gasteiger partial charge on any atom is 0.244 e. The van der Waals surface area contributed by atoms with Gasteiger partial charge in [-0.2, -0.15) is 4.31 Å². The Bertz CT molecular complexity index is 562. The van der Waals surface area contributed by atoms with Gasteiger partial charge in [0.05, 0.1) is 0 Å². The predicted molar refractivity (Wildman–Crippen MR) is 85.7 cm³/mol. The molecule has 0 fully saturated rings. The molecule has 1 aromatic heterocycles. The maximum absolute atomic E-state index is 12.8. The third-order valence-corrected chi connectivity index (χ3v) is 6.31. The minimum Gasteiger partial charge on any atom is -0.312 e. The molecule has 1 rings (SSSR count). The summed E-state index contributed by atoms with van der Waals surface area (Å²) in [6.07, 6.45) is 0. The van der Waals surface area contributed by atoms with Crippen LogP contribution in [0.3, 0.4) is 0 Å². The molecule has 0 aliphatic rings. The molecule has 0 saturated carbocycles. The summed E-state index contributed by atoms with van der Waals surface area (Å²) in [5, 5.41) is 5.11. The molecule has 0 aliphatic carbocycles. The van der Waals surface area contributed by atoms with Crippen molar-refractivity contribution in [3.8, 4) is 0 Å². The zero-order valence-electron chi connectivity index (χ0n) is 12.7. The molecule has 0 radical (unpaired) electrons. The van der Waals surface area contributed by atoms with Crippen LogP contribution in [0.15, 0.2) is 22.4 Å². The van der Waals surface area contributed by atoms with Crippen LogP contribution < -0.4 is 5.32 Å². The smallest absolute Gasteiger partial charge is 0.244 e. The molecule has 114 valence electrons. The number of rotatable bonds is 8. The van der Waals surface area contributed by atoms with E-state index >= 15 is 0 Å². The summed E-state index contributed by atoms with van der Waals surface area (Å²) in [5.41, 5.74) is 1.67. The Labute approximate surface area is 126 Å². The van der Waals surface area contributed by atoms with Gasteiger partial charge in [0.2, 0.25) is 10.0 Å². The maximum atomic E-state index is 12.8. The molecule has 0 atom stereocenters. The molecule has 1 N–H and O–H groups in total. The lowest BCUT2D eigenvalue weighted by molar-refractivity contribution is 0.452. The lowest BCUT2D eigenvalue weighted by atomic mass is 10.3. The molecule has 0 spiro atoms. The summed E-state index contributed by atoms with van der Waals surface area (Å²) < 4.78 is 27.1. The Morgan fingerprint density at radius 1 is 1.45 bits per heavy atom. The highest BCUT2D eigenvalue weighted by Crippen LogP contribution is 2.29. The van der Waals surface area contributed by atoms with E-state index in [9.17, 15) is 8.42 Å². The Morgan fingerprint density at radius 2 is 2.10 bits per heavy atom. The molecule has 4 nitrogen and oxygen atoms in total. The van der Waals surface area contributed by atoms with E-state index in [2.05, 4.69) is 11.9 Å². The van der Waals surface area contributed by atoms with Gasteiger partial charge in [0.15, 0.2) is 0 Å². The number of thiophene rings is 1. The van der Waals surface area contributed by atoms with Gasteiger partial charge >= 0.3 is 0 Å². The molecular formula is C14H24N2O2S2. The minimum atomic E-state index is -3.45. The second-order valence-corrected chi connectivity index (χ2v) is 7.68. The van der Waals surface area contributed by atoms with Crippen molar-refractivity contribution in [1.29, 1.82) is 0 Å². The number of hydrogen-bond acceptors (Lipinski definition) is 4. The number of aryl methyl sites for hydroxylation is 1. The fourth-order valence-corrected chi connectivity index (χ4v) is 5.23. The molecule has 6 heteroatoms. The number of likely N-dealkylation sites (N-methyl/N-ethyl adjacent to an activating group) is 1. The monoisotopic (exact) mass is 316 g/mol. The van der Waals surface area contributed by atoms with Crippen LogP contribution in [0.2, 0.25) is 0 Å². The molecule has 0 amide bonds. The third kappa shape index (κ3) is 3.91. The van der Waals surface area contributed by atoms with Gasteiger partial charge in [-0.25, -0.2) is 8.42 Å². The first-order valence-corrected chi connectivity index (χ1v) is 9.08. The number of nitrogens with zero attached hydrogens (tertiary/aromatic N) is 1. The molecule has 0 aliphatic heterocycles. The van der Waals surface area contributed by atoms with Crippen molar-refractivity contribution in [2.45, 2.75) is 39.1 Å². The van der Waals surface area contributed by atoms with E-state index in [1.54, 1.807) is 0 Å². The zero-order chi connectivity index (χ0) is 15.3. The average Bonchev–Trinajstić information content (AvgIpc) is 2.74. The second kappa shape index (κ2) is 7.36. The first-order valence-electron chi connectivity index (χ1n) is 6.76. The van der Waals surface area contributed by atoms with Crippen LogP contribution in [0.1, 0.15) is 31.2 Å². The van der Waals surface area contributed by atoms with E-state index in [1.165, 1.54) is 15.6 Å². The SMILES string of the molecule is C=C(C)CN(CC)S(=O)(=O)c1c(C)csc1CNCC. The van der Waals surface area contributed by atoms with Crippen molar-refractivity contribution in [3.05, 3.63) is 28.0 Å². The van der Waals surface area contributed by atoms with Crippen molar-refractivity contribution in [2.24, 2.45) is 0 Å². The molecule has 1 aromatic rings. The van der Waals surface area contributed by atoms with Crippen LogP contribution in [-0.2, 0) is 16.6 Å². The number of sulfonamides is 1. The molecular weight excluding hydrogens is 292 g/mol. The molecule has 0 aromatic carbocycles. The van der Waals surface area contributed by atoms with Crippen LogP contribution in [0.25, 0.3) is 0 Å². The zero-order valence-corrected chi connectivity index (χ0v) is 14.3. The number of nitrogens with one attached hydrogen (secondary N) is 1. The van der Waals surface area contributed by atoms with Crippen molar-refractivity contribution in [3.63, 3.8) is 0 Å². The van der Waals surface area contributed by atoms with Crippen LogP contribution in [0, 0.1) is 6.92 Å². The fourth-order valence-electron chi connectivity index (χ4n) is 1.99. The Balaban J connectivity index is 3.19. The second-order valence-electron chi connectivity index (χ2n) is 4.84. The summed E-state index contributed by atoms with van der Waals surface area (Å²) in [6, 6.07) is 0. The van der Waals surface area contributed by atoms with E-state index in [4.69, 9.17) is 0 Å². The molecule has 0 unspecified atom stereocenters. The van der Waals surface area contributed by atoms with E-state index < -0.39 is 10.0 Å². The highest BCUT2D eigenvalue weighted by molar-refractivity contribution is 7.89. The average molecular weight is 316 g/mol. The molecule has 0 bridgehead atoms. The standard InChI is InChI=1S/C14H24N2O2S2/c1-6-15-8-13-14(12(5)10-19-13)20(17,18)16(7-2)9-11(3)4/h10,15H,3,6-9H2,1-2,4-5H3. The van der Waals surface area contributed by atoms with E-state index in [-0.39, 0.29) is 0 Å². The summed E-state index contributed by atoms with van der Waals surface area (Å²) in [7, 11) is -3.45. The van der Waals surface area contributed by atoms with Crippen molar-refractivity contribution in [2.75, 3.05) is 19.6 Å². The van der Waals surface area contributed by atoms with E-state index in [0.717, 1.165) is 22.6 Å². The van der Waals surface area contributed by atoms with Gasteiger partial charge in [-0.05, 0) is 31.3 Å². The first kappa shape index (κ1) is 17.4. The summed E-state index contributed by atoms with van der Waals surface area (Å²) >= 11 is 1.50. The van der Waals surface area contributed by atoms with Gasteiger partial charge in [0, 0.05) is 24.5 Å². The number of hydrogen-bond donors (Lipinski definition) is 1. The minimum absolute atomic E-state index is 0.370. The van der Waals surface area contributed by atoms with E-state index in [1.807, 2.05) is 33.1 Å². The van der Waals surface area contributed by atoms with Crippen LogP contribution >= 0.6 is 11.3 Å².